The molecule has 2 amide bonds. The Hall–Kier alpha value is -2.38. The molecule has 1 aromatic rings. The summed E-state index contributed by atoms with van der Waals surface area (Å²) in [5.74, 6) is 0.672. The second-order valence-corrected chi connectivity index (χ2v) is 4.29. The van der Waals surface area contributed by atoms with Gasteiger partial charge in [0.15, 0.2) is 11.6 Å². The number of carbonyl (C=O) groups excluding carboxylic acids is 2. The van der Waals surface area contributed by atoms with Crippen LogP contribution in [0.25, 0.3) is 0 Å². The van der Waals surface area contributed by atoms with Gasteiger partial charge < -0.3 is 15.0 Å². The number of anilines is 2. The van der Waals surface area contributed by atoms with Crippen LogP contribution in [0.5, 0.6) is 5.75 Å². The van der Waals surface area contributed by atoms with Gasteiger partial charge in [-0.1, -0.05) is 6.92 Å². The molecule has 108 valence electrons. The minimum absolute atomic E-state index is 0.0563. The number of ether oxygens (including phenoxy) is 1. The molecule has 8 nitrogen and oxygen atoms in total. The molecule has 0 aliphatic carbocycles. The first-order valence-electron chi connectivity index (χ1n) is 6.29. The lowest BCUT2D eigenvalue weighted by Crippen LogP contribution is -2.58. The van der Waals surface area contributed by atoms with Crippen LogP contribution in [-0.2, 0) is 9.59 Å². The summed E-state index contributed by atoms with van der Waals surface area (Å²) in [6.45, 7) is 1.93. The van der Waals surface area contributed by atoms with Crippen LogP contribution in [0.15, 0.2) is 6.33 Å². The summed E-state index contributed by atoms with van der Waals surface area (Å²) in [6, 6.07) is -0.457. The number of aromatic nitrogens is 2. The standard InChI is InChI=1S/C12H17N5O3/c1-4-7-12(19)16-8(18)5-17(7)11-9(20-3)10(13-2)14-6-15-11/h6-7H,4-5H2,1-3H3,(H,13,14,15)(H,16,18,19). The molecule has 1 fully saturated rings. The van der Waals surface area contributed by atoms with Gasteiger partial charge in [0.2, 0.25) is 17.6 Å². The second-order valence-electron chi connectivity index (χ2n) is 4.29. The van der Waals surface area contributed by atoms with Gasteiger partial charge in [-0.25, -0.2) is 9.97 Å². The summed E-state index contributed by atoms with van der Waals surface area (Å²) >= 11 is 0. The van der Waals surface area contributed by atoms with Crippen molar-refractivity contribution in [3.63, 3.8) is 0 Å². The molecule has 0 radical (unpaired) electrons. The second kappa shape index (κ2) is 5.72. The lowest BCUT2D eigenvalue weighted by molar-refractivity contribution is -0.132. The van der Waals surface area contributed by atoms with Crippen LogP contribution in [0.4, 0.5) is 11.6 Å². The molecular weight excluding hydrogens is 262 g/mol. The zero-order valence-electron chi connectivity index (χ0n) is 11.6. The molecule has 0 spiro atoms. The molecule has 1 atom stereocenters. The summed E-state index contributed by atoms with van der Waals surface area (Å²) in [5, 5.41) is 5.22. The van der Waals surface area contributed by atoms with Crippen LogP contribution in [-0.4, -0.2) is 48.5 Å². The lowest BCUT2D eigenvalue weighted by atomic mass is 10.1. The van der Waals surface area contributed by atoms with E-state index < -0.39 is 6.04 Å². The van der Waals surface area contributed by atoms with Gasteiger partial charge in [-0.05, 0) is 6.42 Å². The lowest BCUT2D eigenvalue weighted by Gasteiger charge is -2.34. The number of nitrogens with zero attached hydrogens (tertiary/aromatic N) is 3. The van der Waals surface area contributed by atoms with Crippen molar-refractivity contribution in [3.8, 4) is 5.75 Å². The van der Waals surface area contributed by atoms with Crippen molar-refractivity contribution in [2.24, 2.45) is 0 Å². The highest BCUT2D eigenvalue weighted by Gasteiger charge is 2.35. The quantitative estimate of drug-likeness (QED) is 0.735. The van der Waals surface area contributed by atoms with Gasteiger partial charge in [-0.15, -0.1) is 0 Å². The SMILES string of the molecule is CCC1C(=O)NC(=O)CN1c1ncnc(NC)c1OC. The summed E-state index contributed by atoms with van der Waals surface area (Å²) in [6.07, 6.45) is 1.93. The predicted octanol–water partition coefficient (Wildman–Crippen LogP) is -0.232. The van der Waals surface area contributed by atoms with Crippen LogP contribution in [0.1, 0.15) is 13.3 Å². The number of nitrogens with one attached hydrogen (secondary N) is 2. The summed E-state index contributed by atoms with van der Waals surface area (Å²) < 4.78 is 5.31. The Kier molecular flexibility index (Phi) is 4.02. The first-order valence-corrected chi connectivity index (χ1v) is 6.29. The highest BCUT2D eigenvalue weighted by Crippen LogP contribution is 2.33. The monoisotopic (exact) mass is 279 g/mol. The predicted molar refractivity (Wildman–Crippen MR) is 72.7 cm³/mol. The first-order chi connectivity index (χ1) is 9.62. The van der Waals surface area contributed by atoms with Crippen molar-refractivity contribution in [1.82, 2.24) is 15.3 Å². The maximum absolute atomic E-state index is 11.9. The van der Waals surface area contributed by atoms with Crippen LogP contribution in [0.3, 0.4) is 0 Å². The van der Waals surface area contributed by atoms with Crippen molar-refractivity contribution in [2.75, 3.05) is 30.9 Å². The van der Waals surface area contributed by atoms with Crippen molar-refractivity contribution in [1.29, 1.82) is 0 Å². The molecule has 8 heteroatoms. The Bertz CT molecular complexity index is 534. The van der Waals surface area contributed by atoms with Crippen molar-refractivity contribution < 1.29 is 14.3 Å². The average Bonchev–Trinajstić information content (AvgIpc) is 2.45. The number of hydrogen-bond acceptors (Lipinski definition) is 7. The fraction of sp³-hybridized carbons (Fsp3) is 0.500. The number of imide groups is 1. The van der Waals surface area contributed by atoms with E-state index in [4.69, 9.17) is 4.74 Å². The third-order valence-electron chi connectivity index (χ3n) is 3.14. The third-order valence-corrected chi connectivity index (χ3v) is 3.14. The van der Waals surface area contributed by atoms with Gasteiger partial charge in [-0.3, -0.25) is 14.9 Å². The fourth-order valence-electron chi connectivity index (χ4n) is 2.23. The van der Waals surface area contributed by atoms with Crippen molar-refractivity contribution >= 4 is 23.5 Å². The summed E-state index contributed by atoms with van der Waals surface area (Å²) in [4.78, 5) is 33.4. The third kappa shape index (κ3) is 2.36. The van der Waals surface area contributed by atoms with Gasteiger partial charge >= 0.3 is 0 Å². The van der Waals surface area contributed by atoms with E-state index in [0.717, 1.165) is 0 Å². The Labute approximate surface area is 116 Å². The molecule has 1 aliphatic heterocycles. The van der Waals surface area contributed by atoms with E-state index in [9.17, 15) is 9.59 Å². The van der Waals surface area contributed by atoms with Crippen LogP contribution in [0.2, 0.25) is 0 Å². The fourth-order valence-corrected chi connectivity index (χ4v) is 2.23. The van der Waals surface area contributed by atoms with E-state index in [2.05, 4.69) is 20.6 Å². The van der Waals surface area contributed by atoms with Crippen molar-refractivity contribution in [2.45, 2.75) is 19.4 Å². The Morgan fingerprint density at radius 2 is 2.25 bits per heavy atom. The van der Waals surface area contributed by atoms with E-state index in [-0.39, 0.29) is 18.4 Å². The molecule has 1 aromatic heterocycles. The van der Waals surface area contributed by atoms with Gasteiger partial charge in [0.1, 0.15) is 12.4 Å². The van der Waals surface area contributed by atoms with E-state index in [0.29, 0.717) is 23.8 Å². The smallest absolute Gasteiger partial charge is 0.249 e. The zero-order valence-corrected chi connectivity index (χ0v) is 11.6. The minimum atomic E-state index is -0.457. The molecule has 0 bridgehead atoms. The molecular formula is C12H17N5O3. The van der Waals surface area contributed by atoms with Crippen LogP contribution >= 0.6 is 0 Å². The molecule has 0 aromatic carbocycles. The maximum Gasteiger partial charge on any atom is 0.249 e. The molecule has 20 heavy (non-hydrogen) atoms. The van der Waals surface area contributed by atoms with Gasteiger partial charge in [0.05, 0.1) is 13.7 Å². The molecule has 0 saturated carbocycles. The zero-order chi connectivity index (χ0) is 14.7. The normalized spacial score (nSPS) is 18.8. The molecule has 1 saturated heterocycles. The van der Waals surface area contributed by atoms with Gasteiger partial charge in [-0.2, -0.15) is 0 Å². The van der Waals surface area contributed by atoms with E-state index in [1.165, 1.54) is 13.4 Å². The Balaban J connectivity index is 2.47. The molecule has 2 N–H and O–H groups in total. The van der Waals surface area contributed by atoms with Gasteiger partial charge in [0, 0.05) is 7.05 Å². The van der Waals surface area contributed by atoms with E-state index in [1.54, 1.807) is 11.9 Å². The highest BCUT2D eigenvalue weighted by atomic mass is 16.5. The molecule has 1 unspecified atom stereocenters. The molecule has 1 aliphatic rings. The summed E-state index contributed by atoms with van der Waals surface area (Å²) in [5.41, 5.74) is 0. The largest absolute Gasteiger partial charge is 0.490 e. The van der Waals surface area contributed by atoms with E-state index >= 15 is 0 Å². The van der Waals surface area contributed by atoms with Crippen LogP contribution < -0.4 is 20.3 Å². The maximum atomic E-state index is 11.9. The van der Waals surface area contributed by atoms with Crippen molar-refractivity contribution in [3.05, 3.63) is 6.33 Å². The topological polar surface area (TPSA) is 96.5 Å². The number of hydrogen-bond donors (Lipinski definition) is 2. The van der Waals surface area contributed by atoms with Crippen LogP contribution in [0, 0.1) is 0 Å². The number of piperazine rings is 1. The van der Waals surface area contributed by atoms with E-state index in [1.807, 2.05) is 6.92 Å². The van der Waals surface area contributed by atoms with Gasteiger partial charge in [0.25, 0.3) is 0 Å². The molecule has 2 rings (SSSR count). The Morgan fingerprint density at radius 1 is 1.50 bits per heavy atom. The Morgan fingerprint density at radius 3 is 2.85 bits per heavy atom. The first kappa shape index (κ1) is 14.0. The number of rotatable bonds is 4. The number of carbonyl (C=O) groups is 2. The number of methoxy groups -OCH3 is 1. The average molecular weight is 279 g/mol. The summed E-state index contributed by atoms with van der Waals surface area (Å²) in [7, 11) is 3.20. The number of amides is 2. The highest BCUT2D eigenvalue weighted by molar-refractivity contribution is 6.04. The molecule has 2 heterocycles. The minimum Gasteiger partial charge on any atom is -0.490 e.